The third-order valence-electron chi connectivity index (χ3n) is 6.65. The summed E-state index contributed by atoms with van der Waals surface area (Å²) in [6, 6.07) is 12.9. The summed E-state index contributed by atoms with van der Waals surface area (Å²) in [5, 5.41) is 0.411. The molecule has 2 aromatic carbocycles. The van der Waals surface area contributed by atoms with Gasteiger partial charge in [0, 0.05) is 25.2 Å². The number of halogens is 3. The van der Waals surface area contributed by atoms with Crippen LogP contribution in [-0.2, 0) is 26.4 Å². The van der Waals surface area contributed by atoms with Gasteiger partial charge in [0.15, 0.2) is 5.78 Å². The second-order valence-corrected chi connectivity index (χ2v) is 12.2. The van der Waals surface area contributed by atoms with E-state index in [1.165, 1.54) is 61.8 Å². The predicted octanol–water partition coefficient (Wildman–Crippen LogP) is 5.04. The number of benzene rings is 2. The van der Waals surface area contributed by atoms with E-state index in [-0.39, 0.29) is 35.0 Å². The summed E-state index contributed by atoms with van der Waals surface area (Å²) in [5.74, 6) is -1.40. The van der Waals surface area contributed by atoms with Crippen molar-refractivity contribution >= 4 is 32.9 Å². The topological polar surface area (TPSA) is 97.8 Å². The molecule has 2 heterocycles. The lowest BCUT2D eigenvalue weighted by Gasteiger charge is -2.42. The number of Topliss-reactive ketones (excluding diaryl/α,β-unsaturated/α-hetero) is 1. The second kappa shape index (κ2) is 9.37. The Morgan fingerprint density at radius 3 is 2.44 bits per heavy atom. The number of nitrogens with two attached hydrogens (primary N) is 1. The molecule has 36 heavy (non-hydrogen) atoms. The van der Waals surface area contributed by atoms with Crippen molar-refractivity contribution in [2.24, 2.45) is 15.1 Å². The molecule has 0 fully saturated rings. The molecule has 1 aliphatic heterocycles. The minimum atomic E-state index is -3.15. The summed E-state index contributed by atoms with van der Waals surface area (Å²) in [6.45, 7) is 3.29. The molecule has 0 spiro atoms. The molecule has 2 N–H and O–H groups in total. The number of aliphatic imine (C=N–C) groups is 1. The zero-order valence-corrected chi connectivity index (χ0v) is 21.5. The number of hydrogen-bond donors (Lipinski definition) is 1. The van der Waals surface area contributed by atoms with Crippen LogP contribution in [0.5, 0.6) is 0 Å². The van der Waals surface area contributed by atoms with E-state index in [1.807, 2.05) is 0 Å². The monoisotopic (exact) mass is 530 g/mol. The van der Waals surface area contributed by atoms with Crippen molar-refractivity contribution in [2.45, 2.75) is 30.6 Å². The maximum absolute atomic E-state index is 15.2. The van der Waals surface area contributed by atoms with Crippen molar-refractivity contribution in [2.75, 3.05) is 12.8 Å². The lowest BCUT2D eigenvalue weighted by Crippen LogP contribution is -2.54. The normalized spacial score (nSPS) is 25.8. The van der Waals surface area contributed by atoms with Crippen LogP contribution in [0.4, 0.5) is 8.78 Å². The summed E-state index contributed by atoms with van der Waals surface area (Å²) >= 11 is 5.84. The fourth-order valence-corrected chi connectivity index (χ4v) is 7.24. The number of carbonyl (C=O) groups is 1. The van der Waals surface area contributed by atoms with E-state index in [9.17, 15) is 13.4 Å². The van der Waals surface area contributed by atoms with Gasteiger partial charge in [0.2, 0.25) is 0 Å². The van der Waals surface area contributed by atoms with Gasteiger partial charge in [-0.05, 0) is 61.4 Å². The Kier molecular flexibility index (Phi) is 6.74. The minimum Gasteiger partial charge on any atom is -0.386 e. The zero-order valence-electron chi connectivity index (χ0n) is 20.0. The van der Waals surface area contributed by atoms with Crippen LogP contribution in [0.15, 0.2) is 70.1 Å². The molecule has 0 amide bonds. The molecule has 0 radical (unpaired) electrons. The third-order valence-corrected chi connectivity index (χ3v) is 10.1. The van der Waals surface area contributed by atoms with E-state index in [0.29, 0.717) is 16.1 Å². The molecule has 4 rings (SSSR count). The van der Waals surface area contributed by atoms with Crippen molar-refractivity contribution in [3.05, 3.63) is 99.8 Å². The van der Waals surface area contributed by atoms with Crippen molar-refractivity contribution in [1.29, 1.82) is 0 Å². The Bertz CT molecular complexity index is 1480. The summed E-state index contributed by atoms with van der Waals surface area (Å²) < 4.78 is 45.9. The fourth-order valence-electron chi connectivity index (χ4n) is 4.49. The minimum absolute atomic E-state index is 0.00435. The summed E-state index contributed by atoms with van der Waals surface area (Å²) in [5.41, 5.74) is 6.53. The lowest BCUT2D eigenvalue weighted by molar-refractivity contribution is 0.0988. The highest BCUT2D eigenvalue weighted by Gasteiger charge is 2.51. The van der Waals surface area contributed by atoms with Crippen molar-refractivity contribution in [3.8, 4) is 0 Å². The Labute approximate surface area is 213 Å². The number of nitrogens with zero attached hydrogens (tertiary/aromatic N) is 3. The Morgan fingerprint density at radius 2 is 1.83 bits per heavy atom. The Morgan fingerprint density at radius 1 is 1.14 bits per heavy atom. The van der Waals surface area contributed by atoms with Gasteiger partial charge in [0.05, 0.1) is 20.5 Å². The largest absolute Gasteiger partial charge is 0.386 e. The van der Waals surface area contributed by atoms with Gasteiger partial charge in [-0.3, -0.25) is 14.8 Å². The first-order chi connectivity index (χ1) is 16.9. The van der Waals surface area contributed by atoms with Gasteiger partial charge < -0.3 is 5.73 Å². The van der Waals surface area contributed by atoms with E-state index in [1.54, 1.807) is 19.9 Å². The van der Waals surface area contributed by atoms with Gasteiger partial charge in [0.1, 0.15) is 33.4 Å². The number of carbonyl (C=O) groups excluding carboxylic acids is 1. The van der Waals surface area contributed by atoms with Crippen LogP contribution in [0.2, 0.25) is 5.02 Å². The van der Waals surface area contributed by atoms with Gasteiger partial charge in [-0.25, -0.2) is 17.4 Å². The summed E-state index contributed by atoms with van der Waals surface area (Å²) in [7, 11) is -1.72. The summed E-state index contributed by atoms with van der Waals surface area (Å²) in [6.07, 6.45) is 1.35. The van der Waals surface area contributed by atoms with Crippen molar-refractivity contribution < 1.29 is 17.8 Å². The molecule has 3 atom stereocenters. The highest BCUT2D eigenvalue weighted by atomic mass is 35.5. The molecule has 0 saturated heterocycles. The molecular formula is C26H25ClF2N4O2S. The van der Waals surface area contributed by atoms with Gasteiger partial charge in [-0.2, -0.15) is 0 Å². The maximum atomic E-state index is 15.2. The third kappa shape index (κ3) is 4.41. The molecular weight excluding hydrogens is 506 g/mol. The van der Waals surface area contributed by atoms with Crippen LogP contribution in [0.3, 0.4) is 0 Å². The van der Waals surface area contributed by atoms with E-state index in [0.717, 1.165) is 0 Å². The quantitative estimate of drug-likeness (QED) is 0.467. The Balaban J connectivity index is 1.77. The number of rotatable bonds is 5. The molecule has 6 nitrogen and oxygen atoms in total. The first-order valence-electron chi connectivity index (χ1n) is 11.1. The molecule has 1 aromatic heterocycles. The van der Waals surface area contributed by atoms with E-state index in [4.69, 9.17) is 17.3 Å². The number of hydrogen-bond acceptors (Lipinski definition) is 6. The van der Waals surface area contributed by atoms with Gasteiger partial charge in [0.25, 0.3) is 0 Å². The maximum Gasteiger partial charge on any atom is 0.185 e. The standard InChI is InChI=1S/C26H25ClF2N4O2S/c1-25(15-36(35,31-3)26(2,24(30)33-25)17-5-8-19(28)9-6-17)20-12-16(4-10-21(20)29)13-23(34)22-11-7-18(27)14-32-22/h4-12,14H,13,15H2,1-3H3,(H2,30,33)/t25-,26+,36?/m0/s1. The molecule has 0 saturated carbocycles. The predicted molar refractivity (Wildman–Crippen MR) is 138 cm³/mol. The van der Waals surface area contributed by atoms with Crippen LogP contribution in [0.1, 0.15) is 41.0 Å². The van der Waals surface area contributed by atoms with Crippen LogP contribution >= 0.6 is 11.6 Å². The average Bonchev–Trinajstić information content (AvgIpc) is 2.84. The highest BCUT2D eigenvalue weighted by Crippen LogP contribution is 2.44. The first-order valence-corrected chi connectivity index (χ1v) is 13.2. The molecule has 1 aliphatic rings. The average molecular weight is 531 g/mol. The first kappa shape index (κ1) is 25.9. The van der Waals surface area contributed by atoms with E-state index in [2.05, 4.69) is 14.3 Å². The van der Waals surface area contributed by atoms with E-state index >= 15 is 4.39 Å². The summed E-state index contributed by atoms with van der Waals surface area (Å²) in [4.78, 5) is 21.4. The highest BCUT2D eigenvalue weighted by molar-refractivity contribution is 7.95. The van der Waals surface area contributed by atoms with Gasteiger partial charge in [-0.15, -0.1) is 0 Å². The molecule has 0 bridgehead atoms. The molecule has 3 aromatic rings. The second-order valence-electron chi connectivity index (χ2n) is 9.05. The number of pyridine rings is 1. The molecule has 0 aliphatic carbocycles. The van der Waals surface area contributed by atoms with Crippen LogP contribution in [0.25, 0.3) is 0 Å². The smallest absolute Gasteiger partial charge is 0.185 e. The van der Waals surface area contributed by atoms with Gasteiger partial charge in [-0.1, -0.05) is 29.8 Å². The SMILES string of the molecule is CN=S1(=O)C[C@@](C)(c2cc(CC(=O)c3ccc(Cl)cn3)ccc2F)N=C(N)[C@@]1(C)c1ccc(F)cc1. The van der Waals surface area contributed by atoms with Crippen LogP contribution in [-0.4, -0.2) is 33.6 Å². The number of ketones is 1. The van der Waals surface area contributed by atoms with Crippen molar-refractivity contribution in [1.82, 2.24) is 4.98 Å². The molecule has 10 heteroatoms. The zero-order chi connectivity index (χ0) is 26.3. The fraction of sp³-hybridized carbons (Fsp3) is 0.269. The van der Waals surface area contributed by atoms with Gasteiger partial charge >= 0.3 is 0 Å². The number of amidine groups is 1. The molecule has 1 unspecified atom stereocenters. The van der Waals surface area contributed by atoms with Crippen LogP contribution < -0.4 is 5.73 Å². The number of aromatic nitrogens is 1. The molecule has 188 valence electrons. The lowest BCUT2D eigenvalue weighted by atomic mass is 9.90. The Hall–Kier alpha value is -3.17. The van der Waals surface area contributed by atoms with E-state index < -0.39 is 31.6 Å². The van der Waals surface area contributed by atoms with Crippen LogP contribution in [0, 0.1) is 11.6 Å². The van der Waals surface area contributed by atoms with Crippen molar-refractivity contribution in [3.63, 3.8) is 0 Å².